The highest BCUT2D eigenvalue weighted by atomic mass is 35.5. The first-order chi connectivity index (χ1) is 14.0. The van der Waals surface area contributed by atoms with E-state index in [9.17, 15) is 9.59 Å². The van der Waals surface area contributed by atoms with Crippen molar-refractivity contribution >= 4 is 34.8 Å². The van der Waals surface area contributed by atoms with Crippen LogP contribution in [-0.2, 0) is 4.79 Å². The molecule has 2 amide bonds. The van der Waals surface area contributed by atoms with Crippen molar-refractivity contribution in [1.29, 1.82) is 0 Å². The highest BCUT2D eigenvalue weighted by Gasteiger charge is 2.21. The summed E-state index contributed by atoms with van der Waals surface area (Å²) in [7, 11) is 1.58. The third-order valence-electron chi connectivity index (χ3n) is 4.50. The monoisotopic (exact) mass is 407 g/mol. The molecule has 0 aliphatic carbocycles. The van der Waals surface area contributed by atoms with Crippen LogP contribution >= 0.6 is 11.6 Å². The molecule has 0 unspecified atom stereocenters. The van der Waals surface area contributed by atoms with E-state index in [2.05, 4.69) is 16.0 Å². The maximum Gasteiger partial charge on any atom is 0.251 e. The van der Waals surface area contributed by atoms with E-state index in [1.54, 1.807) is 31.3 Å². The second-order valence-corrected chi connectivity index (χ2v) is 7.01. The zero-order valence-corrected chi connectivity index (χ0v) is 17.0. The molecule has 0 radical (unpaired) electrons. The van der Waals surface area contributed by atoms with Crippen molar-refractivity contribution < 1.29 is 9.59 Å². The minimum absolute atomic E-state index is 0.191. The van der Waals surface area contributed by atoms with E-state index in [-0.39, 0.29) is 11.8 Å². The van der Waals surface area contributed by atoms with E-state index in [0.717, 1.165) is 11.1 Å². The van der Waals surface area contributed by atoms with Crippen LogP contribution in [0.1, 0.15) is 27.5 Å². The van der Waals surface area contributed by atoms with Crippen molar-refractivity contribution in [3.8, 4) is 0 Å². The first kappa shape index (κ1) is 20.4. The first-order valence-electron chi connectivity index (χ1n) is 9.18. The molecule has 3 rings (SSSR count). The van der Waals surface area contributed by atoms with E-state index in [0.29, 0.717) is 22.0 Å². The Hall–Kier alpha value is -3.31. The number of aryl methyl sites for hydroxylation is 1. The molecule has 0 saturated heterocycles. The van der Waals surface area contributed by atoms with Gasteiger partial charge in [-0.3, -0.25) is 9.59 Å². The van der Waals surface area contributed by atoms with Crippen molar-refractivity contribution in [3.63, 3.8) is 0 Å². The number of rotatable bonds is 6. The highest BCUT2D eigenvalue weighted by molar-refractivity contribution is 6.31. The van der Waals surface area contributed by atoms with Gasteiger partial charge in [0.2, 0.25) is 0 Å². The van der Waals surface area contributed by atoms with Gasteiger partial charge in [0.15, 0.2) is 0 Å². The molecule has 0 saturated carbocycles. The van der Waals surface area contributed by atoms with E-state index in [4.69, 9.17) is 11.6 Å². The number of nitrogens with one attached hydrogen (secondary N) is 3. The van der Waals surface area contributed by atoms with Crippen molar-refractivity contribution in [2.75, 3.05) is 17.7 Å². The van der Waals surface area contributed by atoms with Crippen LogP contribution in [-0.4, -0.2) is 18.9 Å². The lowest BCUT2D eigenvalue weighted by Crippen LogP contribution is -2.27. The van der Waals surface area contributed by atoms with Gasteiger partial charge in [-0.2, -0.15) is 0 Å². The summed E-state index contributed by atoms with van der Waals surface area (Å²) in [6, 6.07) is 21.2. The minimum atomic E-state index is -0.656. The average molecular weight is 408 g/mol. The molecule has 1 atom stereocenters. The second kappa shape index (κ2) is 9.26. The number of anilines is 2. The Morgan fingerprint density at radius 3 is 2.34 bits per heavy atom. The van der Waals surface area contributed by atoms with Crippen LogP contribution in [0.5, 0.6) is 0 Å². The predicted octanol–water partition coefficient (Wildman–Crippen LogP) is 4.80. The Labute approximate surface area is 175 Å². The number of hydrogen-bond donors (Lipinski definition) is 3. The van der Waals surface area contributed by atoms with Gasteiger partial charge in [-0.25, -0.2) is 0 Å². The van der Waals surface area contributed by atoms with E-state index in [1.807, 2.05) is 55.5 Å². The van der Waals surface area contributed by atoms with Crippen LogP contribution in [0.4, 0.5) is 11.4 Å². The summed E-state index contributed by atoms with van der Waals surface area (Å²) in [4.78, 5) is 25.0. The first-order valence-corrected chi connectivity index (χ1v) is 9.56. The number of carbonyl (C=O) groups excluding carboxylic acids is 2. The molecule has 5 nitrogen and oxygen atoms in total. The summed E-state index contributed by atoms with van der Waals surface area (Å²) in [6.07, 6.45) is 0. The highest BCUT2D eigenvalue weighted by Crippen LogP contribution is 2.24. The Balaban J connectivity index is 1.88. The van der Waals surface area contributed by atoms with Crippen LogP contribution in [0.2, 0.25) is 5.02 Å². The third kappa shape index (κ3) is 5.15. The lowest BCUT2D eigenvalue weighted by Gasteiger charge is -2.20. The van der Waals surface area contributed by atoms with Gasteiger partial charge in [0.1, 0.15) is 6.04 Å². The van der Waals surface area contributed by atoms with Crippen LogP contribution in [0.25, 0.3) is 0 Å². The van der Waals surface area contributed by atoms with Gasteiger partial charge in [0, 0.05) is 29.0 Å². The van der Waals surface area contributed by atoms with Gasteiger partial charge < -0.3 is 16.0 Å². The van der Waals surface area contributed by atoms with Gasteiger partial charge in [0.05, 0.1) is 0 Å². The average Bonchev–Trinajstić information content (AvgIpc) is 2.74. The molecule has 0 aromatic heterocycles. The summed E-state index contributed by atoms with van der Waals surface area (Å²) in [6.45, 7) is 1.90. The molecule has 3 aromatic rings. The molecule has 148 valence electrons. The Morgan fingerprint density at radius 2 is 1.66 bits per heavy atom. The Morgan fingerprint density at radius 1 is 0.897 bits per heavy atom. The summed E-state index contributed by atoms with van der Waals surface area (Å²) in [5, 5.41) is 9.34. The Kier molecular flexibility index (Phi) is 6.52. The van der Waals surface area contributed by atoms with Crippen LogP contribution in [0.15, 0.2) is 72.8 Å². The largest absolute Gasteiger partial charge is 0.370 e. The Bertz CT molecular complexity index is 1020. The van der Waals surface area contributed by atoms with E-state index in [1.165, 1.54) is 0 Å². The molecule has 3 N–H and O–H groups in total. The maximum atomic E-state index is 13.1. The minimum Gasteiger partial charge on any atom is -0.370 e. The molecule has 0 bridgehead atoms. The van der Waals surface area contributed by atoms with Crippen molar-refractivity contribution in [3.05, 3.63) is 94.5 Å². The number of amides is 2. The van der Waals surface area contributed by atoms with Crippen molar-refractivity contribution in [2.24, 2.45) is 0 Å². The number of benzene rings is 3. The number of halogens is 1. The summed E-state index contributed by atoms with van der Waals surface area (Å²) >= 11 is 6.18. The summed E-state index contributed by atoms with van der Waals surface area (Å²) < 4.78 is 0. The molecule has 0 heterocycles. The molecule has 3 aromatic carbocycles. The van der Waals surface area contributed by atoms with Gasteiger partial charge >= 0.3 is 0 Å². The maximum absolute atomic E-state index is 13.1. The third-order valence-corrected chi connectivity index (χ3v) is 4.90. The fourth-order valence-corrected chi connectivity index (χ4v) is 3.07. The molecular formula is C23H22ClN3O2. The van der Waals surface area contributed by atoms with Gasteiger partial charge in [-0.05, 0) is 48.4 Å². The van der Waals surface area contributed by atoms with E-state index >= 15 is 0 Å². The predicted molar refractivity (Wildman–Crippen MR) is 117 cm³/mol. The zero-order valence-electron chi connectivity index (χ0n) is 16.2. The molecule has 0 fully saturated rings. The summed E-state index contributed by atoms with van der Waals surface area (Å²) in [5.41, 5.74) is 3.53. The van der Waals surface area contributed by atoms with Crippen molar-refractivity contribution in [1.82, 2.24) is 5.32 Å². The number of hydrogen-bond acceptors (Lipinski definition) is 3. The fraction of sp³-hybridized carbons (Fsp3) is 0.130. The topological polar surface area (TPSA) is 70.2 Å². The molecule has 0 spiro atoms. The van der Waals surface area contributed by atoms with Crippen LogP contribution < -0.4 is 16.0 Å². The fourth-order valence-electron chi connectivity index (χ4n) is 2.89. The second-order valence-electron chi connectivity index (χ2n) is 6.60. The molecule has 6 heteroatoms. The molecule has 29 heavy (non-hydrogen) atoms. The number of carbonyl (C=O) groups is 2. The normalized spacial score (nSPS) is 11.4. The van der Waals surface area contributed by atoms with Crippen molar-refractivity contribution in [2.45, 2.75) is 13.0 Å². The lowest BCUT2D eigenvalue weighted by atomic mass is 10.0. The smallest absolute Gasteiger partial charge is 0.251 e. The van der Waals surface area contributed by atoms with Crippen LogP contribution in [0.3, 0.4) is 0 Å². The molecular weight excluding hydrogens is 386 g/mol. The SMILES string of the molecule is CNC(=O)c1cccc(N[C@H](C(=O)Nc2ccc(C)c(Cl)c2)c2ccccc2)c1. The van der Waals surface area contributed by atoms with Gasteiger partial charge in [-0.1, -0.05) is 54.1 Å². The quantitative estimate of drug-likeness (QED) is 0.549. The molecule has 0 aliphatic rings. The van der Waals surface area contributed by atoms with Gasteiger partial charge in [-0.15, -0.1) is 0 Å². The standard InChI is InChI=1S/C23H22ClN3O2/c1-15-11-12-19(14-20(15)24)27-23(29)21(16-7-4-3-5-8-16)26-18-10-6-9-17(13-18)22(28)25-2/h3-14,21,26H,1-2H3,(H,25,28)(H,27,29)/t21-/m0/s1. The lowest BCUT2D eigenvalue weighted by molar-refractivity contribution is -0.117. The molecule has 0 aliphatic heterocycles. The summed E-state index contributed by atoms with van der Waals surface area (Å²) in [5.74, 6) is -0.426. The zero-order chi connectivity index (χ0) is 20.8. The van der Waals surface area contributed by atoms with E-state index < -0.39 is 6.04 Å². The van der Waals surface area contributed by atoms with Gasteiger partial charge in [0.25, 0.3) is 11.8 Å². The van der Waals surface area contributed by atoms with Crippen LogP contribution in [0, 0.1) is 6.92 Å².